The normalized spacial score (nSPS) is 26.8. The largest absolute Gasteiger partial charge is 0.488 e. The summed E-state index contributed by atoms with van der Waals surface area (Å²) in [6, 6.07) is 0. The quantitative estimate of drug-likeness (QED) is 0.448. The van der Waals surface area contributed by atoms with E-state index in [0.29, 0.717) is 0 Å². The van der Waals surface area contributed by atoms with Gasteiger partial charge in [0.25, 0.3) is 12.3 Å². The van der Waals surface area contributed by atoms with Crippen molar-refractivity contribution in [1.29, 1.82) is 0 Å². The average Bonchev–Trinajstić information content (AvgIpc) is 2.86. The molecule has 16 heavy (non-hydrogen) atoms. The van der Waals surface area contributed by atoms with Crippen LogP contribution in [0.5, 0.6) is 0 Å². The highest BCUT2D eigenvalue weighted by atomic mass is 16.6. The topological polar surface area (TPSA) is 160 Å². The third-order valence-electron chi connectivity index (χ3n) is 1.62. The molecule has 0 radical (unpaired) electrons. The van der Waals surface area contributed by atoms with Crippen molar-refractivity contribution in [3.05, 3.63) is 20.2 Å². The number of hydrogen-bond acceptors (Lipinski definition) is 10. The lowest BCUT2D eigenvalue weighted by atomic mass is 10.4. The van der Waals surface area contributed by atoms with Crippen LogP contribution >= 0.6 is 0 Å². The summed E-state index contributed by atoms with van der Waals surface area (Å²) in [6.07, 6.45) is -2.11. The predicted molar refractivity (Wildman–Crippen MR) is 46.1 cm³/mol. The van der Waals surface area contributed by atoms with E-state index in [9.17, 15) is 20.2 Å². The Labute approximate surface area is 85.8 Å². The molecule has 0 fully saturated rings. The second-order valence-corrected chi connectivity index (χ2v) is 2.63. The second kappa shape index (κ2) is 3.48. The molecule has 0 saturated carbocycles. The number of nitrogens with zero attached hydrogens (tertiary/aromatic N) is 8. The van der Waals surface area contributed by atoms with E-state index in [4.69, 9.17) is 0 Å². The third-order valence-corrected chi connectivity index (χ3v) is 1.62. The molecule has 0 aliphatic carbocycles. The zero-order chi connectivity index (χ0) is 11.7. The van der Waals surface area contributed by atoms with Crippen molar-refractivity contribution in [1.82, 2.24) is 0 Å². The van der Waals surface area contributed by atoms with Crippen LogP contribution in [0.1, 0.15) is 0 Å². The Balaban J connectivity index is 2.14. The summed E-state index contributed by atoms with van der Waals surface area (Å²) in [4.78, 5) is 25.8. The zero-order valence-electron chi connectivity index (χ0n) is 7.37. The highest BCUT2D eigenvalue weighted by Gasteiger charge is 2.41. The molecule has 0 amide bonds. The van der Waals surface area contributed by atoms with Gasteiger partial charge in [0.2, 0.25) is 0 Å². The van der Waals surface area contributed by atoms with Crippen LogP contribution in [-0.2, 0) is 0 Å². The SMILES string of the molecule is O=[N+]([O-])C1=N[C@H]([C@@H]2N=NC([N+](=O)[O-])=N2)N=N1. The molecular weight excluding hydrogens is 224 g/mol. The van der Waals surface area contributed by atoms with Gasteiger partial charge in [-0.2, -0.15) is 0 Å². The molecule has 2 atom stereocenters. The van der Waals surface area contributed by atoms with E-state index in [2.05, 4.69) is 30.4 Å². The van der Waals surface area contributed by atoms with Crippen LogP contribution in [-0.4, -0.2) is 34.1 Å². The van der Waals surface area contributed by atoms with Gasteiger partial charge in [-0.3, -0.25) is 0 Å². The zero-order valence-corrected chi connectivity index (χ0v) is 7.37. The molecule has 82 valence electrons. The molecule has 12 nitrogen and oxygen atoms in total. The molecule has 0 N–H and O–H groups in total. The van der Waals surface area contributed by atoms with E-state index < -0.39 is 34.1 Å². The molecule has 0 aromatic rings. The van der Waals surface area contributed by atoms with E-state index >= 15 is 0 Å². The molecule has 2 rings (SSSR count). The summed E-state index contributed by atoms with van der Waals surface area (Å²) < 4.78 is 0. The number of nitro groups is 2. The maximum Gasteiger partial charge on any atom is 0.488 e. The van der Waals surface area contributed by atoms with E-state index in [-0.39, 0.29) is 0 Å². The number of rotatable bonds is 1. The van der Waals surface area contributed by atoms with Gasteiger partial charge in [-0.1, -0.05) is 20.2 Å². The van der Waals surface area contributed by atoms with Gasteiger partial charge < -0.3 is 20.2 Å². The standard InChI is InChI=1S/C4H2N8O4/c13-11(14)3-5-1(7-9-3)2-6-4(10-8-2)12(15)16/h1-2H/t1-,2-/m0/s1. The molecule has 0 unspecified atom stereocenters. The summed E-state index contributed by atoms with van der Waals surface area (Å²) >= 11 is 0. The van der Waals surface area contributed by atoms with Crippen molar-refractivity contribution < 1.29 is 9.85 Å². The Bertz CT molecular complexity index is 432. The third kappa shape index (κ3) is 1.62. The van der Waals surface area contributed by atoms with Gasteiger partial charge in [0, 0.05) is 0 Å². The number of guanidine groups is 2. The molecule has 0 aromatic carbocycles. The van der Waals surface area contributed by atoms with E-state index in [1.807, 2.05) is 0 Å². The van der Waals surface area contributed by atoms with E-state index in [0.717, 1.165) is 0 Å². The van der Waals surface area contributed by atoms with Crippen LogP contribution in [0.25, 0.3) is 0 Å². The lowest BCUT2D eigenvalue weighted by Crippen LogP contribution is -2.17. The van der Waals surface area contributed by atoms with Gasteiger partial charge in [0.1, 0.15) is 0 Å². The smallest absolute Gasteiger partial charge is 0.390 e. The molecule has 0 spiro atoms. The first-order valence-electron chi connectivity index (χ1n) is 3.84. The first-order valence-corrected chi connectivity index (χ1v) is 3.84. The van der Waals surface area contributed by atoms with Gasteiger partial charge in [0.15, 0.2) is 0 Å². The van der Waals surface area contributed by atoms with Gasteiger partial charge >= 0.3 is 11.9 Å². The Morgan fingerprint density at radius 3 is 1.50 bits per heavy atom. The maximum atomic E-state index is 10.3. The van der Waals surface area contributed by atoms with Crippen LogP contribution in [0.3, 0.4) is 0 Å². The number of hydrogen-bond donors (Lipinski definition) is 0. The Morgan fingerprint density at radius 1 is 0.875 bits per heavy atom. The van der Waals surface area contributed by atoms with Gasteiger partial charge in [0.05, 0.1) is 10.2 Å². The van der Waals surface area contributed by atoms with Crippen LogP contribution in [0.15, 0.2) is 30.4 Å². The summed E-state index contributed by atoms with van der Waals surface area (Å²) in [5.41, 5.74) is 0. The Morgan fingerprint density at radius 2 is 1.25 bits per heavy atom. The van der Waals surface area contributed by atoms with Crippen LogP contribution < -0.4 is 0 Å². The average molecular weight is 226 g/mol. The lowest BCUT2D eigenvalue weighted by Gasteiger charge is -1.92. The van der Waals surface area contributed by atoms with E-state index in [1.54, 1.807) is 0 Å². The number of aliphatic imine (C=N–C) groups is 2. The van der Waals surface area contributed by atoms with Gasteiger partial charge in [-0.15, -0.1) is 0 Å². The lowest BCUT2D eigenvalue weighted by molar-refractivity contribution is -0.352. The monoisotopic (exact) mass is 226 g/mol. The molecular formula is C4H2N8O4. The molecule has 12 heteroatoms. The Hall–Kier alpha value is -2.66. The minimum absolute atomic E-state index is 0.676. The predicted octanol–water partition coefficient (Wildman–Crippen LogP) is -0.164. The van der Waals surface area contributed by atoms with Crippen LogP contribution in [0.4, 0.5) is 0 Å². The van der Waals surface area contributed by atoms with Crippen molar-refractivity contribution >= 4 is 11.9 Å². The fourth-order valence-electron chi connectivity index (χ4n) is 0.981. The first kappa shape index (κ1) is 9.88. The highest BCUT2D eigenvalue weighted by molar-refractivity contribution is 5.74. The molecule has 0 saturated heterocycles. The first-order chi connectivity index (χ1) is 7.58. The van der Waals surface area contributed by atoms with Crippen LogP contribution in [0.2, 0.25) is 0 Å². The van der Waals surface area contributed by atoms with Crippen molar-refractivity contribution in [2.24, 2.45) is 30.4 Å². The second-order valence-electron chi connectivity index (χ2n) is 2.63. The Kier molecular flexibility index (Phi) is 2.15. The fourth-order valence-corrected chi connectivity index (χ4v) is 0.981. The van der Waals surface area contributed by atoms with Crippen LogP contribution in [0, 0.1) is 20.2 Å². The van der Waals surface area contributed by atoms with Crippen molar-refractivity contribution in [3.63, 3.8) is 0 Å². The van der Waals surface area contributed by atoms with Crippen molar-refractivity contribution in [2.75, 3.05) is 0 Å². The van der Waals surface area contributed by atoms with Gasteiger partial charge in [-0.25, -0.2) is 0 Å². The van der Waals surface area contributed by atoms with Gasteiger partial charge in [-0.05, 0) is 9.85 Å². The number of azo groups is 2. The molecule has 0 bridgehead atoms. The molecule has 2 heterocycles. The van der Waals surface area contributed by atoms with Crippen molar-refractivity contribution in [2.45, 2.75) is 12.3 Å². The minimum atomic E-state index is -1.05. The van der Waals surface area contributed by atoms with Crippen molar-refractivity contribution in [3.8, 4) is 0 Å². The summed E-state index contributed by atoms with van der Waals surface area (Å²) in [6.45, 7) is 0. The molecule has 2 aliphatic rings. The fraction of sp³-hybridized carbons (Fsp3) is 0.500. The summed E-state index contributed by atoms with van der Waals surface area (Å²) in [5.74, 6) is -1.35. The highest BCUT2D eigenvalue weighted by Crippen LogP contribution is 2.18. The summed E-state index contributed by atoms with van der Waals surface area (Å²) in [5, 5.41) is 33.7. The summed E-state index contributed by atoms with van der Waals surface area (Å²) in [7, 11) is 0. The molecule has 0 aromatic heterocycles. The molecule has 2 aliphatic heterocycles. The maximum absolute atomic E-state index is 10.3. The van der Waals surface area contributed by atoms with E-state index in [1.165, 1.54) is 0 Å². The minimum Gasteiger partial charge on any atom is -0.390 e.